The van der Waals surface area contributed by atoms with Crippen molar-refractivity contribution in [2.45, 2.75) is 32.2 Å². The van der Waals surface area contributed by atoms with Gasteiger partial charge in [-0.3, -0.25) is 9.63 Å². The molecule has 15 heavy (non-hydrogen) atoms. The highest BCUT2D eigenvalue weighted by molar-refractivity contribution is 6.83. The molecule has 0 spiro atoms. The third-order valence-corrected chi connectivity index (χ3v) is 2.55. The van der Waals surface area contributed by atoms with Gasteiger partial charge in [0.1, 0.15) is 14.2 Å². The molecule has 0 unspecified atom stereocenters. The molecule has 0 fully saturated rings. The zero-order valence-corrected chi connectivity index (χ0v) is 11.0. The SMILES string of the molecule is CON(C)C(=O)[C@@H](O)CC#C[Si](C)(C)C. The molecule has 0 rings (SSSR count). The first kappa shape index (κ1) is 14.2. The lowest BCUT2D eigenvalue weighted by atomic mass is 10.2. The average molecular weight is 229 g/mol. The van der Waals surface area contributed by atoms with E-state index in [9.17, 15) is 9.90 Å². The Labute approximate surface area is 92.2 Å². The standard InChI is InChI=1S/C10H19NO3Si/c1-11(14-2)10(13)9(12)7-6-8-15(3,4)5/h9,12H,7H2,1-5H3/t9-/m0/s1. The monoisotopic (exact) mass is 229 g/mol. The van der Waals surface area contributed by atoms with Crippen molar-refractivity contribution >= 4 is 14.0 Å². The number of nitrogens with zero attached hydrogens (tertiary/aromatic N) is 1. The quantitative estimate of drug-likeness (QED) is 0.439. The third-order valence-electron chi connectivity index (χ3n) is 1.63. The number of likely N-dealkylation sites (N-methyl/N-ethyl adjacent to an activating group) is 1. The van der Waals surface area contributed by atoms with E-state index in [0.29, 0.717) is 0 Å². The average Bonchev–Trinajstić information content (AvgIpc) is 2.13. The number of amides is 1. The van der Waals surface area contributed by atoms with Crippen LogP contribution in [0.15, 0.2) is 0 Å². The minimum atomic E-state index is -1.42. The summed E-state index contributed by atoms with van der Waals surface area (Å²) < 4.78 is 0. The van der Waals surface area contributed by atoms with Crippen LogP contribution in [0.1, 0.15) is 6.42 Å². The van der Waals surface area contributed by atoms with Crippen molar-refractivity contribution in [3.63, 3.8) is 0 Å². The number of rotatable bonds is 3. The van der Waals surface area contributed by atoms with Crippen molar-refractivity contribution in [2.24, 2.45) is 0 Å². The fourth-order valence-electron chi connectivity index (χ4n) is 0.800. The largest absolute Gasteiger partial charge is 0.382 e. The smallest absolute Gasteiger partial charge is 0.275 e. The van der Waals surface area contributed by atoms with E-state index in [4.69, 9.17) is 0 Å². The molecule has 0 aliphatic carbocycles. The van der Waals surface area contributed by atoms with Crippen molar-refractivity contribution in [2.75, 3.05) is 14.2 Å². The predicted octanol–water partition coefficient (Wildman–Crippen LogP) is 0.638. The molecule has 0 heterocycles. The van der Waals surface area contributed by atoms with Crippen molar-refractivity contribution in [3.05, 3.63) is 0 Å². The number of hydroxylamine groups is 2. The maximum atomic E-state index is 11.3. The molecular weight excluding hydrogens is 210 g/mol. The minimum absolute atomic E-state index is 0.163. The molecule has 1 atom stereocenters. The first-order chi connectivity index (χ1) is 6.78. The first-order valence-corrected chi connectivity index (χ1v) is 8.27. The molecule has 0 aromatic rings. The van der Waals surface area contributed by atoms with E-state index in [-0.39, 0.29) is 6.42 Å². The fourth-order valence-corrected chi connectivity index (χ4v) is 1.43. The molecule has 0 aliphatic heterocycles. The van der Waals surface area contributed by atoms with Gasteiger partial charge in [0, 0.05) is 13.5 Å². The molecule has 0 aliphatic rings. The van der Waals surface area contributed by atoms with Crippen molar-refractivity contribution in [1.82, 2.24) is 5.06 Å². The van der Waals surface area contributed by atoms with Crippen LogP contribution >= 0.6 is 0 Å². The molecule has 0 radical (unpaired) electrons. The third kappa shape index (κ3) is 6.28. The molecule has 5 heteroatoms. The van der Waals surface area contributed by atoms with E-state index in [1.807, 2.05) is 0 Å². The maximum Gasteiger partial charge on any atom is 0.275 e. The molecule has 4 nitrogen and oxygen atoms in total. The van der Waals surface area contributed by atoms with Gasteiger partial charge in [0.25, 0.3) is 5.91 Å². The van der Waals surface area contributed by atoms with Crippen molar-refractivity contribution in [1.29, 1.82) is 0 Å². The summed E-state index contributed by atoms with van der Waals surface area (Å²) in [6, 6.07) is 0. The van der Waals surface area contributed by atoms with Crippen LogP contribution in [-0.4, -0.2) is 44.4 Å². The van der Waals surface area contributed by atoms with E-state index in [1.54, 1.807) is 0 Å². The maximum absolute atomic E-state index is 11.3. The Hall–Kier alpha value is -0.833. The Morgan fingerprint density at radius 1 is 1.53 bits per heavy atom. The van der Waals surface area contributed by atoms with Crippen LogP contribution in [0.4, 0.5) is 0 Å². The number of carbonyl (C=O) groups is 1. The molecular formula is C10H19NO3Si. The fraction of sp³-hybridized carbons (Fsp3) is 0.700. The molecule has 0 saturated heterocycles. The van der Waals surface area contributed by atoms with Crippen molar-refractivity contribution in [3.8, 4) is 11.5 Å². The highest BCUT2D eigenvalue weighted by Crippen LogP contribution is 2.00. The number of aliphatic hydroxyl groups excluding tert-OH is 1. The van der Waals surface area contributed by atoms with Gasteiger partial charge in [-0.2, -0.15) is 0 Å². The lowest BCUT2D eigenvalue weighted by molar-refractivity contribution is -0.177. The van der Waals surface area contributed by atoms with Crippen LogP contribution in [0.2, 0.25) is 19.6 Å². The number of hydrogen-bond donors (Lipinski definition) is 1. The lowest BCUT2D eigenvalue weighted by Crippen LogP contribution is -2.35. The van der Waals surface area contributed by atoms with Gasteiger partial charge >= 0.3 is 0 Å². The lowest BCUT2D eigenvalue weighted by Gasteiger charge is -2.16. The number of hydrogen-bond acceptors (Lipinski definition) is 3. The van der Waals surface area contributed by atoms with Crippen LogP contribution in [0.25, 0.3) is 0 Å². The second-order valence-electron chi connectivity index (χ2n) is 4.29. The molecule has 0 aromatic carbocycles. The Balaban J connectivity index is 4.19. The van der Waals surface area contributed by atoms with Crippen molar-refractivity contribution < 1.29 is 14.7 Å². The number of aliphatic hydroxyl groups is 1. The summed E-state index contributed by atoms with van der Waals surface area (Å²) in [5, 5.41) is 10.5. The summed E-state index contributed by atoms with van der Waals surface area (Å²) in [4.78, 5) is 16.0. The van der Waals surface area contributed by atoms with Gasteiger partial charge in [0.05, 0.1) is 7.11 Å². The van der Waals surface area contributed by atoms with Gasteiger partial charge in [0.2, 0.25) is 0 Å². The zero-order valence-electron chi connectivity index (χ0n) is 10.00. The summed E-state index contributed by atoms with van der Waals surface area (Å²) in [7, 11) is 1.41. The van der Waals surface area contributed by atoms with Gasteiger partial charge in [-0.25, -0.2) is 5.06 Å². The second kappa shape index (κ2) is 5.91. The molecule has 0 aromatic heterocycles. The van der Waals surface area contributed by atoms with Crippen LogP contribution < -0.4 is 0 Å². The van der Waals surface area contributed by atoms with E-state index >= 15 is 0 Å². The summed E-state index contributed by atoms with van der Waals surface area (Å²) >= 11 is 0. The highest BCUT2D eigenvalue weighted by Gasteiger charge is 2.18. The van der Waals surface area contributed by atoms with E-state index in [2.05, 4.69) is 35.9 Å². The Bertz CT molecular complexity index is 275. The van der Waals surface area contributed by atoms with Crippen LogP contribution in [0.3, 0.4) is 0 Å². The minimum Gasteiger partial charge on any atom is -0.382 e. The topological polar surface area (TPSA) is 49.8 Å². The normalized spacial score (nSPS) is 12.7. The van der Waals surface area contributed by atoms with Gasteiger partial charge in [-0.1, -0.05) is 19.6 Å². The van der Waals surface area contributed by atoms with Crippen LogP contribution in [0, 0.1) is 11.5 Å². The van der Waals surface area contributed by atoms with Gasteiger partial charge in [-0.15, -0.1) is 11.5 Å². The number of carbonyl (C=O) groups excluding carboxylic acids is 1. The molecule has 1 amide bonds. The van der Waals surface area contributed by atoms with Gasteiger partial charge in [-0.05, 0) is 0 Å². The first-order valence-electron chi connectivity index (χ1n) is 4.77. The van der Waals surface area contributed by atoms with Gasteiger partial charge < -0.3 is 5.11 Å². The van der Waals surface area contributed by atoms with Crippen LogP contribution in [0.5, 0.6) is 0 Å². The summed E-state index contributed by atoms with van der Waals surface area (Å²) in [6.07, 6.45) is -0.935. The Morgan fingerprint density at radius 2 is 2.07 bits per heavy atom. The molecule has 0 saturated carbocycles. The van der Waals surface area contributed by atoms with E-state index in [0.717, 1.165) is 5.06 Å². The van der Waals surface area contributed by atoms with Crippen LogP contribution in [-0.2, 0) is 9.63 Å². The molecule has 86 valence electrons. The van der Waals surface area contributed by atoms with E-state index in [1.165, 1.54) is 14.2 Å². The predicted molar refractivity (Wildman–Crippen MR) is 61.5 cm³/mol. The van der Waals surface area contributed by atoms with E-state index < -0.39 is 20.1 Å². The Morgan fingerprint density at radius 3 is 2.47 bits per heavy atom. The summed E-state index contributed by atoms with van der Waals surface area (Å²) in [6.45, 7) is 6.32. The summed E-state index contributed by atoms with van der Waals surface area (Å²) in [5.41, 5.74) is 3.08. The molecule has 0 bridgehead atoms. The summed E-state index contributed by atoms with van der Waals surface area (Å²) in [5.74, 6) is 2.37. The Kier molecular flexibility index (Phi) is 5.58. The highest BCUT2D eigenvalue weighted by atomic mass is 28.3. The molecule has 1 N–H and O–H groups in total. The second-order valence-corrected chi connectivity index (χ2v) is 9.04. The van der Waals surface area contributed by atoms with Gasteiger partial charge in [0.15, 0.2) is 0 Å². The zero-order chi connectivity index (χ0) is 12.1.